The molecule has 0 spiro atoms. The highest BCUT2D eigenvalue weighted by atomic mass is 16.2. The molecule has 21 heavy (non-hydrogen) atoms. The Morgan fingerprint density at radius 2 is 1.90 bits per heavy atom. The number of aryl methyl sites for hydroxylation is 2. The van der Waals surface area contributed by atoms with E-state index in [0.717, 1.165) is 30.4 Å². The molecule has 2 heterocycles. The van der Waals surface area contributed by atoms with Crippen LogP contribution in [0.15, 0.2) is 6.07 Å². The van der Waals surface area contributed by atoms with Crippen LogP contribution >= 0.6 is 0 Å². The molecule has 1 N–H and O–H groups in total. The molecule has 1 atom stereocenters. The number of hydrogen-bond donors (Lipinski definition) is 1. The third-order valence-electron chi connectivity index (χ3n) is 3.89. The van der Waals surface area contributed by atoms with Crippen LogP contribution in [0.4, 0.5) is 5.95 Å². The molecule has 1 aliphatic heterocycles. The Kier molecular flexibility index (Phi) is 4.77. The molecule has 0 aliphatic carbocycles. The van der Waals surface area contributed by atoms with E-state index >= 15 is 0 Å². The lowest BCUT2D eigenvalue weighted by Crippen LogP contribution is -2.60. The fraction of sp³-hybridized carbons (Fsp3) is 0.667. The summed E-state index contributed by atoms with van der Waals surface area (Å²) in [5, 5.41) is 2.77. The molecule has 1 saturated heterocycles. The summed E-state index contributed by atoms with van der Waals surface area (Å²) >= 11 is 0. The maximum atomic E-state index is 12.2. The van der Waals surface area contributed by atoms with Crippen molar-refractivity contribution in [1.82, 2.24) is 20.2 Å². The van der Waals surface area contributed by atoms with E-state index in [-0.39, 0.29) is 11.9 Å². The molecule has 6 heteroatoms. The van der Waals surface area contributed by atoms with Crippen molar-refractivity contribution in [3.05, 3.63) is 17.5 Å². The molecule has 0 radical (unpaired) electrons. The molecular formula is C15H25N5O. The van der Waals surface area contributed by atoms with Gasteiger partial charge in [-0.3, -0.25) is 9.69 Å². The van der Waals surface area contributed by atoms with Gasteiger partial charge in [-0.05, 0) is 33.8 Å². The lowest BCUT2D eigenvalue weighted by molar-refractivity contribution is -0.127. The fourth-order valence-corrected chi connectivity index (χ4v) is 2.85. The van der Waals surface area contributed by atoms with Crippen LogP contribution in [0.2, 0.25) is 0 Å². The molecule has 2 rings (SSSR count). The van der Waals surface area contributed by atoms with Gasteiger partial charge >= 0.3 is 0 Å². The van der Waals surface area contributed by atoms with E-state index < -0.39 is 0 Å². The van der Waals surface area contributed by atoms with Gasteiger partial charge in [0, 0.05) is 44.1 Å². The Morgan fingerprint density at radius 1 is 1.29 bits per heavy atom. The second-order valence-corrected chi connectivity index (χ2v) is 5.86. The van der Waals surface area contributed by atoms with Crippen LogP contribution in [0, 0.1) is 13.8 Å². The van der Waals surface area contributed by atoms with Gasteiger partial charge in [0.25, 0.3) is 0 Å². The molecule has 0 saturated carbocycles. The minimum absolute atomic E-state index is 0.0535. The zero-order valence-electron chi connectivity index (χ0n) is 13.6. The lowest BCUT2D eigenvalue weighted by atomic mass is 10.1. The number of piperazine rings is 1. The first-order chi connectivity index (χ1) is 9.92. The average molecular weight is 291 g/mol. The summed E-state index contributed by atoms with van der Waals surface area (Å²) in [7, 11) is 1.69. The molecule has 6 nitrogen and oxygen atoms in total. The monoisotopic (exact) mass is 291 g/mol. The molecule has 1 aromatic rings. The smallest absolute Gasteiger partial charge is 0.238 e. The van der Waals surface area contributed by atoms with E-state index in [9.17, 15) is 4.79 Å². The van der Waals surface area contributed by atoms with Crippen LogP contribution in [-0.2, 0) is 4.79 Å². The van der Waals surface area contributed by atoms with Gasteiger partial charge in [0.05, 0.1) is 0 Å². The average Bonchev–Trinajstić information content (AvgIpc) is 2.44. The molecule has 1 fully saturated rings. The van der Waals surface area contributed by atoms with Crippen LogP contribution in [0.5, 0.6) is 0 Å². The summed E-state index contributed by atoms with van der Waals surface area (Å²) in [4.78, 5) is 25.5. The highest BCUT2D eigenvalue weighted by Crippen LogP contribution is 2.18. The molecule has 1 amide bonds. The number of nitrogens with one attached hydrogen (secondary N) is 1. The van der Waals surface area contributed by atoms with E-state index in [4.69, 9.17) is 0 Å². The van der Waals surface area contributed by atoms with Crippen LogP contribution in [0.3, 0.4) is 0 Å². The first kappa shape index (κ1) is 15.7. The van der Waals surface area contributed by atoms with Crippen LogP contribution < -0.4 is 10.2 Å². The van der Waals surface area contributed by atoms with Gasteiger partial charge in [-0.2, -0.15) is 0 Å². The number of aromatic nitrogens is 2. The van der Waals surface area contributed by atoms with E-state index in [0.29, 0.717) is 12.6 Å². The Labute approximate surface area is 126 Å². The molecule has 1 aliphatic rings. The number of amides is 1. The number of likely N-dealkylation sites (N-methyl/N-ethyl adjacent to an activating group) is 1. The molecular weight excluding hydrogens is 266 g/mol. The van der Waals surface area contributed by atoms with Crippen LogP contribution in [0.25, 0.3) is 0 Å². The second kappa shape index (κ2) is 6.39. The maximum absolute atomic E-state index is 12.2. The van der Waals surface area contributed by atoms with Crippen molar-refractivity contribution in [3.63, 3.8) is 0 Å². The summed E-state index contributed by atoms with van der Waals surface area (Å²) in [6, 6.07) is 2.15. The first-order valence-corrected chi connectivity index (χ1v) is 7.47. The maximum Gasteiger partial charge on any atom is 0.238 e. The fourth-order valence-electron chi connectivity index (χ4n) is 2.85. The predicted molar refractivity (Wildman–Crippen MR) is 83.4 cm³/mol. The largest absolute Gasteiger partial charge is 0.358 e. The van der Waals surface area contributed by atoms with Crippen molar-refractivity contribution in [2.45, 2.75) is 39.8 Å². The van der Waals surface area contributed by atoms with Crippen molar-refractivity contribution in [1.29, 1.82) is 0 Å². The van der Waals surface area contributed by atoms with Crippen molar-refractivity contribution < 1.29 is 4.79 Å². The minimum atomic E-state index is -0.159. The van der Waals surface area contributed by atoms with Gasteiger partial charge in [-0.15, -0.1) is 0 Å². The topological polar surface area (TPSA) is 61.4 Å². The van der Waals surface area contributed by atoms with Gasteiger partial charge in [-0.1, -0.05) is 0 Å². The minimum Gasteiger partial charge on any atom is -0.358 e. The van der Waals surface area contributed by atoms with E-state index in [1.165, 1.54) is 0 Å². The third-order valence-corrected chi connectivity index (χ3v) is 3.89. The van der Waals surface area contributed by atoms with Gasteiger partial charge in [-0.25, -0.2) is 9.97 Å². The normalized spacial score (nSPS) is 19.9. The molecule has 0 bridgehead atoms. The zero-order chi connectivity index (χ0) is 15.6. The van der Waals surface area contributed by atoms with Crippen molar-refractivity contribution in [2.75, 3.05) is 31.6 Å². The lowest BCUT2D eigenvalue weighted by Gasteiger charge is -2.42. The number of carbonyl (C=O) groups is 1. The van der Waals surface area contributed by atoms with E-state index in [1.54, 1.807) is 7.05 Å². The van der Waals surface area contributed by atoms with Gasteiger partial charge in [0.2, 0.25) is 11.9 Å². The highest BCUT2D eigenvalue weighted by molar-refractivity contribution is 5.82. The van der Waals surface area contributed by atoms with Gasteiger partial charge < -0.3 is 10.2 Å². The molecule has 1 unspecified atom stereocenters. The van der Waals surface area contributed by atoms with Crippen LogP contribution in [0.1, 0.15) is 25.2 Å². The highest BCUT2D eigenvalue weighted by Gasteiger charge is 2.34. The summed E-state index contributed by atoms with van der Waals surface area (Å²) in [6.07, 6.45) is 0. The molecule has 116 valence electrons. The standard InChI is InChI=1S/C15H25N5O/c1-10(2)20-7-6-19(9-13(20)14(21)16-5)15-17-11(3)8-12(4)18-15/h8,10,13H,6-7,9H2,1-5H3,(H,16,21). The van der Waals surface area contributed by atoms with Crippen LogP contribution in [-0.4, -0.2) is 59.5 Å². The number of rotatable bonds is 3. The molecule has 0 aromatic carbocycles. The summed E-state index contributed by atoms with van der Waals surface area (Å²) < 4.78 is 0. The Morgan fingerprint density at radius 3 is 2.43 bits per heavy atom. The number of anilines is 1. The summed E-state index contributed by atoms with van der Waals surface area (Å²) in [6.45, 7) is 10.5. The molecule has 1 aromatic heterocycles. The zero-order valence-corrected chi connectivity index (χ0v) is 13.6. The number of carbonyl (C=O) groups excluding carboxylic acids is 1. The number of nitrogens with zero attached hydrogens (tertiary/aromatic N) is 4. The summed E-state index contributed by atoms with van der Waals surface area (Å²) in [5.41, 5.74) is 1.92. The van der Waals surface area contributed by atoms with E-state index in [2.05, 4.69) is 38.9 Å². The second-order valence-electron chi connectivity index (χ2n) is 5.86. The van der Waals surface area contributed by atoms with Crippen molar-refractivity contribution in [2.24, 2.45) is 0 Å². The third kappa shape index (κ3) is 3.50. The SMILES string of the molecule is CNC(=O)C1CN(c2nc(C)cc(C)n2)CCN1C(C)C. The number of hydrogen-bond acceptors (Lipinski definition) is 5. The predicted octanol–water partition coefficient (Wildman–Crippen LogP) is 0.738. The van der Waals surface area contributed by atoms with Gasteiger partial charge in [0.1, 0.15) is 6.04 Å². The Bertz CT molecular complexity index is 497. The Balaban J connectivity index is 2.22. The van der Waals surface area contributed by atoms with Crippen molar-refractivity contribution >= 4 is 11.9 Å². The first-order valence-electron chi connectivity index (χ1n) is 7.47. The quantitative estimate of drug-likeness (QED) is 0.890. The van der Waals surface area contributed by atoms with Crippen molar-refractivity contribution in [3.8, 4) is 0 Å². The Hall–Kier alpha value is -1.69. The van der Waals surface area contributed by atoms with Gasteiger partial charge in [0.15, 0.2) is 0 Å². The van der Waals surface area contributed by atoms with E-state index in [1.807, 2.05) is 19.9 Å². The summed E-state index contributed by atoms with van der Waals surface area (Å²) in [5.74, 6) is 0.780.